The molecule has 1 aliphatic heterocycles. The van der Waals surface area contributed by atoms with E-state index in [0.29, 0.717) is 37.3 Å². The Hall–Kier alpha value is -1.80. The first kappa shape index (κ1) is 20.9. The van der Waals surface area contributed by atoms with Crippen LogP contribution in [0, 0.1) is 0 Å². The third-order valence-corrected chi connectivity index (χ3v) is 7.53. The largest absolute Gasteiger partial charge is 0.396 e. The van der Waals surface area contributed by atoms with Crippen LogP contribution in [0.4, 0.5) is 11.4 Å². The SMILES string of the molecule is CCN(CC)S(=O)(=O)c1ccc2c(c1)CCN2C(=O)c1cc(Cl)c(N)c(Cl)c1. The minimum absolute atomic E-state index is 0.218. The Kier molecular flexibility index (Phi) is 5.91. The fraction of sp³-hybridized carbons (Fsp3) is 0.316. The molecule has 1 aliphatic rings. The number of carbonyl (C=O) groups excluding carboxylic acids is 1. The minimum Gasteiger partial charge on any atom is -0.396 e. The molecule has 9 heteroatoms. The van der Waals surface area contributed by atoms with Crippen molar-refractivity contribution in [2.75, 3.05) is 30.3 Å². The number of hydrogen-bond acceptors (Lipinski definition) is 4. The van der Waals surface area contributed by atoms with Crippen LogP contribution in [0.3, 0.4) is 0 Å². The van der Waals surface area contributed by atoms with E-state index in [0.717, 1.165) is 5.56 Å². The fourth-order valence-corrected chi connectivity index (χ4v) is 5.32. The molecule has 1 heterocycles. The van der Waals surface area contributed by atoms with Crippen molar-refractivity contribution < 1.29 is 13.2 Å². The number of fused-ring (bicyclic) bond motifs is 1. The smallest absolute Gasteiger partial charge is 0.258 e. The number of amides is 1. The van der Waals surface area contributed by atoms with Gasteiger partial charge < -0.3 is 10.6 Å². The predicted molar refractivity (Wildman–Crippen MR) is 113 cm³/mol. The van der Waals surface area contributed by atoms with Gasteiger partial charge in [0.2, 0.25) is 10.0 Å². The average Bonchev–Trinajstić information content (AvgIpc) is 3.09. The van der Waals surface area contributed by atoms with Gasteiger partial charge in [0.15, 0.2) is 0 Å². The van der Waals surface area contributed by atoms with Crippen molar-refractivity contribution in [1.29, 1.82) is 0 Å². The highest BCUT2D eigenvalue weighted by molar-refractivity contribution is 7.89. The molecule has 28 heavy (non-hydrogen) atoms. The molecule has 0 fully saturated rings. The molecule has 0 aromatic heterocycles. The zero-order valence-electron chi connectivity index (χ0n) is 15.6. The predicted octanol–water partition coefficient (Wildman–Crippen LogP) is 3.81. The molecule has 2 aromatic carbocycles. The molecule has 0 radical (unpaired) electrons. The average molecular weight is 442 g/mol. The van der Waals surface area contributed by atoms with Gasteiger partial charge >= 0.3 is 0 Å². The lowest BCUT2D eigenvalue weighted by molar-refractivity contribution is 0.0989. The summed E-state index contributed by atoms with van der Waals surface area (Å²) in [4.78, 5) is 14.8. The van der Waals surface area contributed by atoms with E-state index in [1.54, 1.807) is 36.9 Å². The van der Waals surface area contributed by atoms with Gasteiger partial charge in [0, 0.05) is 30.9 Å². The van der Waals surface area contributed by atoms with E-state index in [-0.39, 0.29) is 26.5 Å². The van der Waals surface area contributed by atoms with E-state index in [4.69, 9.17) is 28.9 Å². The Labute approximate surface area is 174 Å². The fourth-order valence-electron chi connectivity index (χ4n) is 3.33. The molecule has 2 aromatic rings. The second-order valence-corrected chi connectivity index (χ2v) is 9.19. The monoisotopic (exact) mass is 441 g/mol. The van der Waals surface area contributed by atoms with E-state index in [1.807, 2.05) is 0 Å². The molecule has 0 bridgehead atoms. The number of anilines is 2. The quantitative estimate of drug-likeness (QED) is 0.714. The summed E-state index contributed by atoms with van der Waals surface area (Å²) in [5.74, 6) is -0.262. The molecule has 1 amide bonds. The highest BCUT2D eigenvalue weighted by atomic mass is 35.5. The van der Waals surface area contributed by atoms with Crippen LogP contribution in [-0.2, 0) is 16.4 Å². The number of nitrogens with zero attached hydrogens (tertiary/aromatic N) is 2. The molecule has 3 rings (SSSR count). The van der Waals surface area contributed by atoms with E-state index in [2.05, 4.69) is 0 Å². The molecule has 0 saturated heterocycles. The summed E-state index contributed by atoms with van der Waals surface area (Å²) >= 11 is 12.1. The number of carbonyl (C=O) groups is 1. The molecule has 0 spiro atoms. The molecule has 0 atom stereocenters. The van der Waals surface area contributed by atoms with Crippen LogP contribution in [0.25, 0.3) is 0 Å². The molecule has 6 nitrogen and oxygen atoms in total. The highest BCUT2D eigenvalue weighted by Crippen LogP contribution is 2.34. The summed E-state index contributed by atoms with van der Waals surface area (Å²) in [5.41, 5.74) is 7.80. The Morgan fingerprint density at radius 2 is 1.75 bits per heavy atom. The Morgan fingerprint density at radius 1 is 1.14 bits per heavy atom. The third-order valence-electron chi connectivity index (χ3n) is 4.86. The van der Waals surface area contributed by atoms with Crippen molar-refractivity contribution in [3.63, 3.8) is 0 Å². The molecule has 0 saturated carbocycles. The van der Waals surface area contributed by atoms with Crippen LogP contribution >= 0.6 is 23.2 Å². The van der Waals surface area contributed by atoms with Crippen LogP contribution in [0.1, 0.15) is 29.8 Å². The van der Waals surface area contributed by atoms with Gasteiger partial charge in [0.05, 0.1) is 20.6 Å². The molecular formula is C19H21Cl2N3O3S. The minimum atomic E-state index is -3.55. The van der Waals surface area contributed by atoms with Gasteiger partial charge in [0.1, 0.15) is 0 Å². The van der Waals surface area contributed by atoms with Crippen LogP contribution < -0.4 is 10.6 Å². The van der Waals surface area contributed by atoms with Crippen molar-refractivity contribution in [2.45, 2.75) is 25.2 Å². The van der Waals surface area contributed by atoms with Gasteiger partial charge in [-0.15, -0.1) is 0 Å². The number of rotatable bonds is 5. The third kappa shape index (κ3) is 3.59. The number of nitrogen functional groups attached to an aromatic ring is 1. The maximum absolute atomic E-state index is 12.9. The van der Waals surface area contributed by atoms with Crippen LogP contribution in [0.15, 0.2) is 35.2 Å². The zero-order valence-corrected chi connectivity index (χ0v) is 17.9. The first-order chi connectivity index (χ1) is 13.2. The van der Waals surface area contributed by atoms with Gasteiger partial charge in [-0.2, -0.15) is 4.31 Å². The molecule has 150 valence electrons. The summed E-state index contributed by atoms with van der Waals surface area (Å²) in [7, 11) is -3.55. The Balaban J connectivity index is 1.94. The second-order valence-electron chi connectivity index (χ2n) is 6.44. The molecular weight excluding hydrogens is 421 g/mol. The Morgan fingerprint density at radius 3 is 2.32 bits per heavy atom. The number of sulfonamides is 1. The van der Waals surface area contributed by atoms with Crippen molar-refractivity contribution >= 4 is 50.5 Å². The van der Waals surface area contributed by atoms with Crippen LogP contribution in [0.2, 0.25) is 10.0 Å². The first-order valence-electron chi connectivity index (χ1n) is 8.90. The molecule has 0 unspecified atom stereocenters. The highest BCUT2D eigenvalue weighted by Gasteiger charge is 2.29. The van der Waals surface area contributed by atoms with E-state index < -0.39 is 10.0 Å². The van der Waals surface area contributed by atoms with Gasteiger partial charge in [0.25, 0.3) is 5.91 Å². The van der Waals surface area contributed by atoms with E-state index in [9.17, 15) is 13.2 Å². The summed E-state index contributed by atoms with van der Waals surface area (Å²) < 4.78 is 26.9. The lowest BCUT2D eigenvalue weighted by Gasteiger charge is -2.20. The van der Waals surface area contributed by atoms with Gasteiger partial charge in [-0.1, -0.05) is 37.0 Å². The van der Waals surface area contributed by atoms with Gasteiger partial charge in [-0.05, 0) is 42.3 Å². The lowest BCUT2D eigenvalue weighted by atomic mass is 10.1. The summed E-state index contributed by atoms with van der Waals surface area (Å²) in [6, 6.07) is 7.85. The number of hydrogen-bond donors (Lipinski definition) is 1. The van der Waals surface area contributed by atoms with Crippen molar-refractivity contribution in [3.05, 3.63) is 51.5 Å². The second kappa shape index (κ2) is 7.91. The molecule has 0 aliphatic carbocycles. The van der Waals surface area contributed by atoms with Crippen molar-refractivity contribution in [2.24, 2.45) is 0 Å². The normalized spacial score (nSPS) is 13.8. The zero-order chi connectivity index (χ0) is 20.6. The van der Waals surface area contributed by atoms with Crippen molar-refractivity contribution in [1.82, 2.24) is 4.31 Å². The maximum atomic E-state index is 12.9. The van der Waals surface area contributed by atoms with Crippen LogP contribution in [-0.4, -0.2) is 38.3 Å². The maximum Gasteiger partial charge on any atom is 0.258 e. The van der Waals surface area contributed by atoms with E-state index >= 15 is 0 Å². The standard InChI is InChI=1S/C19H21Cl2N3O3S/c1-3-23(4-2)28(26,27)14-5-6-17-12(9-14)7-8-24(17)19(25)13-10-15(20)18(22)16(21)11-13/h5-6,9-11H,3-4,7-8,22H2,1-2H3. The van der Waals surface area contributed by atoms with Gasteiger partial charge in [-0.3, -0.25) is 4.79 Å². The number of halogens is 2. The summed E-state index contributed by atoms with van der Waals surface area (Å²) in [5, 5.41) is 0.437. The number of nitrogens with two attached hydrogens (primary N) is 1. The lowest BCUT2D eigenvalue weighted by Crippen LogP contribution is -2.30. The van der Waals surface area contributed by atoms with E-state index in [1.165, 1.54) is 16.4 Å². The van der Waals surface area contributed by atoms with Crippen LogP contribution in [0.5, 0.6) is 0 Å². The Bertz CT molecular complexity index is 1010. The summed E-state index contributed by atoms with van der Waals surface area (Å²) in [6.07, 6.45) is 0.569. The summed E-state index contributed by atoms with van der Waals surface area (Å²) in [6.45, 7) is 4.86. The first-order valence-corrected chi connectivity index (χ1v) is 11.1. The van der Waals surface area contributed by atoms with Gasteiger partial charge in [-0.25, -0.2) is 8.42 Å². The molecule has 2 N–H and O–H groups in total. The topological polar surface area (TPSA) is 83.7 Å². The van der Waals surface area contributed by atoms with Crippen molar-refractivity contribution in [3.8, 4) is 0 Å². The number of benzene rings is 2.